The van der Waals surface area contributed by atoms with E-state index in [0.29, 0.717) is 5.92 Å². The predicted molar refractivity (Wildman–Crippen MR) is 69.8 cm³/mol. The molecule has 0 aliphatic heterocycles. The van der Waals surface area contributed by atoms with Gasteiger partial charge in [0.1, 0.15) is 0 Å². The van der Waals surface area contributed by atoms with Gasteiger partial charge in [-0.15, -0.1) is 0 Å². The van der Waals surface area contributed by atoms with Gasteiger partial charge in [-0.05, 0) is 26.7 Å². The smallest absolute Gasteiger partial charge is 0.150 e. The second-order valence-corrected chi connectivity index (χ2v) is 4.57. The molecule has 4 nitrogen and oxygen atoms in total. The van der Waals surface area contributed by atoms with Crippen molar-refractivity contribution in [3.05, 3.63) is 5.69 Å². The molecule has 0 aliphatic carbocycles. The Kier molecular flexibility index (Phi) is 4.21. The molecule has 0 saturated heterocycles. The number of nitrogens with zero attached hydrogens (tertiary/aromatic N) is 3. The number of nitrogens with two attached hydrogens (primary N) is 1. The first-order chi connectivity index (χ1) is 7.51. The molecule has 1 aromatic heterocycles. The molecule has 92 valence electrons. The topological polar surface area (TPSA) is 47.1 Å². The van der Waals surface area contributed by atoms with E-state index in [0.717, 1.165) is 36.8 Å². The molecule has 4 heteroatoms. The Morgan fingerprint density at radius 1 is 1.38 bits per heavy atom. The fraction of sp³-hybridized carbons (Fsp3) is 0.750. The van der Waals surface area contributed by atoms with Crippen LogP contribution in [0.2, 0.25) is 0 Å². The fourth-order valence-corrected chi connectivity index (χ4v) is 1.94. The Labute approximate surface area is 98.4 Å². The van der Waals surface area contributed by atoms with E-state index in [4.69, 9.17) is 5.73 Å². The lowest BCUT2D eigenvalue weighted by Crippen LogP contribution is -2.30. The fourth-order valence-electron chi connectivity index (χ4n) is 1.94. The van der Waals surface area contributed by atoms with Gasteiger partial charge in [0.15, 0.2) is 5.82 Å². The van der Waals surface area contributed by atoms with Crippen LogP contribution in [-0.2, 0) is 6.54 Å². The van der Waals surface area contributed by atoms with E-state index in [1.807, 2.05) is 11.6 Å². The Morgan fingerprint density at radius 2 is 2.00 bits per heavy atom. The quantitative estimate of drug-likeness (QED) is 0.834. The number of rotatable bonds is 5. The summed E-state index contributed by atoms with van der Waals surface area (Å²) in [7, 11) is 0. The summed E-state index contributed by atoms with van der Waals surface area (Å²) in [4.78, 5) is 2.31. The molecule has 0 unspecified atom stereocenters. The number of aromatic nitrogens is 2. The molecule has 1 rings (SSSR count). The molecular weight excluding hydrogens is 200 g/mol. The zero-order chi connectivity index (χ0) is 12.3. The Bertz CT molecular complexity index is 341. The maximum atomic E-state index is 6.11. The van der Waals surface area contributed by atoms with Crippen LogP contribution >= 0.6 is 0 Å². The van der Waals surface area contributed by atoms with Crippen LogP contribution in [0.15, 0.2) is 0 Å². The van der Waals surface area contributed by atoms with E-state index in [2.05, 4.69) is 37.7 Å². The van der Waals surface area contributed by atoms with Crippen LogP contribution in [0.5, 0.6) is 0 Å². The Balaban J connectivity index is 3.07. The average molecular weight is 224 g/mol. The SMILES string of the molecule is CCN(CC(C)C)c1c(N)c(C)nn1CC. The first-order valence-electron chi connectivity index (χ1n) is 6.09. The van der Waals surface area contributed by atoms with Gasteiger partial charge in [0.05, 0.1) is 11.4 Å². The molecule has 1 aromatic rings. The molecule has 0 amide bonds. The zero-order valence-corrected chi connectivity index (χ0v) is 11.1. The number of hydrogen-bond acceptors (Lipinski definition) is 3. The summed E-state index contributed by atoms with van der Waals surface area (Å²) in [5.74, 6) is 1.70. The molecule has 0 aliphatic rings. The molecule has 0 atom stereocenters. The van der Waals surface area contributed by atoms with Crippen LogP contribution in [0.4, 0.5) is 11.5 Å². The highest BCUT2D eigenvalue weighted by Crippen LogP contribution is 2.26. The average Bonchev–Trinajstić information content (AvgIpc) is 2.52. The molecular formula is C12H24N4. The van der Waals surface area contributed by atoms with E-state index in [9.17, 15) is 0 Å². The summed E-state index contributed by atoms with van der Waals surface area (Å²) < 4.78 is 2.00. The molecule has 0 spiro atoms. The van der Waals surface area contributed by atoms with Gasteiger partial charge >= 0.3 is 0 Å². The van der Waals surface area contributed by atoms with Crippen molar-refractivity contribution in [2.45, 2.75) is 41.2 Å². The van der Waals surface area contributed by atoms with Crippen molar-refractivity contribution in [1.29, 1.82) is 0 Å². The molecule has 0 fully saturated rings. The lowest BCUT2D eigenvalue weighted by molar-refractivity contribution is 0.582. The van der Waals surface area contributed by atoms with Crippen molar-refractivity contribution in [2.75, 3.05) is 23.7 Å². The lowest BCUT2D eigenvalue weighted by atomic mass is 10.2. The molecule has 16 heavy (non-hydrogen) atoms. The third-order valence-corrected chi connectivity index (χ3v) is 2.71. The van der Waals surface area contributed by atoms with Crippen molar-refractivity contribution < 1.29 is 0 Å². The molecule has 1 heterocycles. The van der Waals surface area contributed by atoms with Crippen molar-refractivity contribution in [3.8, 4) is 0 Å². The summed E-state index contributed by atoms with van der Waals surface area (Å²) >= 11 is 0. The Morgan fingerprint density at radius 3 is 2.44 bits per heavy atom. The monoisotopic (exact) mass is 224 g/mol. The summed E-state index contributed by atoms with van der Waals surface area (Å²) in [5.41, 5.74) is 7.86. The van der Waals surface area contributed by atoms with Crippen LogP contribution in [0.1, 0.15) is 33.4 Å². The highest BCUT2D eigenvalue weighted by Gasteiger charge is 2.17. The van der Waals surface area contributed by atoms with E-state index in [1.54, 1.807) is 0 Å². The van der Waals surface area contributed by atoms with E-state index < -0.39 is 0 Å². The Hall–Kier alpha value is -1.19. The third kappa shape index (κ3) is 2.49. The summed E-state index contributed by atoms with van der Waals surface area (Å²) in [6, 6.07) is 0. The zero-order valence-electron chi connectivity index (χ0n) is 11.1. The van der Waals surface area contributed by atoms with Crippen molar-refractivity contribution >= 4 is 11.5 Å². The maximum Gasteiger partial charge on any atom is 0.150 e. The van der Waals surface area contributed by atoms with E-state index in [1.165, 1.54) is 0 Å². The van der Waals surface area contributed by atoms with Gasteiger partial charge in [-0.1, -0.05) is 13.8 Å². The van der Waals surface area contributed by atoms with Crippen LogP contribution in [0, 0.1) is 12.8 Å². The largest absolute Gasteiger partial charge is 0.394 e. The number of aryl methyl sites for hydroxylation is 2. The summed E-state index contributed by atoms with van der Waals surface area (Å²) in [6.45, 7) is 13.5. The number of nitrogen functional groups attached to an aromatic ring is 1. The molecule has 0 radical (unpaired) electrons. The van der Waals surface area contributed by atoms with Gasteiger partial charge in [-0.2, -0.15) is 5.10 Å². The first-order valence-corrected chi connectivity index (χ1v) is 6.09. The molecule has 0 saturated carbocycles. The first kappa shape index (κ1) is 12.9. The predicted octanol–water partition coefficient (Wildman–Crippen LogP) is 2.28. The van der Waals surface area contributed by atoms with Crippen LogP contribution in [0.3, 0.4) is 0 Å². The minimum Gasteiger partial charge on any atom is -0.394 e. The van der Waals surface area contributed by atoms with Gasteiger partial charge < -0.3 is 10.6 Å². The second kappa shape index (κ2) is 5.23. The second-order valence-electron chi connectivity index (χ2n) is 4.57. The van der Waals surface area contributed by atoms with Crippen molar-refractivity contribution in [2.24, 2.45) is 5.92 Å². The van der Waals surface area contributed by atoms with Crippen LogP contribution < -0.4 is 10.6 Å². The van der Waals surface area contributed by atoms with Gasteiger partial charge in [-0.3, -0.25) is 0 Å². The summed E-state index contributed by atoms with van der Waals surface area (Å²) in [6.07, 6.45) is 0. The highest BCUT2D eigenvalue weighted by molar-refractivity contribution is 5.66. The van der Waals surface area contributed by atoms with Crippen LogP contribution in [0.25, 0.3) is 0 Å². The van der Waals surface area contributed by atoms with E-state index in [-0.39, 0.29) is 0 Å². The lowest BCUT2D eigenvalue weighted by Gasteiger charge is -2.26. The standard InChI is InChI=1S/C12H24N4/c1-6-15(8-9(3)4)12-11(13)10(5)14-16(12)7-2/h9H,6-8,13H2,1-5H3. The third-order valence-electron chi connectivity index (χ3n) is 2.71. The van der Waals surface area contributed by atoms with Crippen molar-refractivity contribution in [1.82, 2.24) is 9.78 Å². The minimum absolute atomic E-state index is 0.625. The van der Waals surface area contributed by atoms with Gasteiger partial charge in [0.2, 0.25) is 0 Å². The van der Waals surface area contributed by atoms with Crippen molar-refractivity contribution in [3.63, 3.8) is 0 Å². The normalized spacial score (nSPS) is 11.1. The molecule has 2 N–H and O–H groups in total. The number of anilines is 2. The number of hydrogen-bond donors (Lipinski definition) is 1. The highest BCUT2D eigenvalue weighted by atomic mass is 15.4. The van der Waals surface area contributed by atoms with Gasteiger partial charge in [-0.25, -0.2) is 4.68 Å². The molecule has 0 aromatic carbocycles. The van der Waals surface area contributed by atoms with Gasteiger partial charge in [0.25, 0.3) is 0 Å². The van der Waals surface area contributed by atoms with Gasteiger partial charge in [0, 0.05) is 19.6 Å². The van der Waals surface area contributed by atoms with Crippen LogP contribution in [-0.4, -0.2) is 22.9 Å². The summed E-state index contributed by atoms with van der Waals surface area (Å²) in [5, 5.41) is 4.45. The van der Waals surface area contributed by atoms with E-state index >= 15 is 0 Å². The minimum atomic E-state index is 0.625. The maximum absolute atomic E-state index is 6.11. The molecule has 0 bridgehead atoms.